The van der Waals surface area contributed by atoms with Crippen molar-refractivity contribution in [1.82, 2.24) is 9.97 Å². The first-order chi connectivity index (χ1) is 15.4. The molecule has 166 valence electrons. The van der Waals surface area contributed by atoms with Crippen LogP contribution in [-0.2, 0) is 10.0 Å². The van der Waals surface area contributed by atoms with Crippen LogP contribution in [0.15, 0.2) is 53.4 Å². The van der Waals surface area contributed by atoms with Gasteiger partial charge in [0.2, 0.25) is 11.8 Å². The Kier molecular flexibility index (Phi) is 5.25. The summed E-state index contributed by atoms with van der Waals surface area (Å²) in [5, 5.41) is 3.46. The van der Waals surface area contributed by atoms with E-state index < -0.39 is 10.0 Å². The molecular formula is C24H26N4O3S. The molecule has 0 radical (unpaired) electrons. The van der Waals surface area contributed by atoms with Gasteiger partial charge in [-0.15, -0.1) is 0 Å². The molecule has 2 heterocycles. The molecule has 1 atom stereocenters. The second-order valence-corrected chi connectivity index (χ2v) is 10.3. The van der Waals surface area contributed by atoms with Crippen LogP contribution in [0.4, 0.5) is 11.6 Å². The lowest BCUT2D eigenvalue weighted by Crippen LogP contribution is -2.28. The number of anilines is 2. The summed E-state index contributed by atoms with van der Waals surface area (Å²) in [6.45, 7) is 4.44. The molecule has 3 aromatic rings. The van der Waals surface area contributed by atoms with Gasteiger partial charge < -0.3 is 10.1 Å². The summed E-state index contributed by atoms with van der Waals surface area (Å²) in [6, 6.07) is 14.7. The van der Waals surface area contributed by atoms with E-state index in [0.29, 0.717) is 24.1 Å². The largest absolute Gasteiger partial charge is 0.475 e. The molecule has 2 aliphatic rings. The quantitative estimate of drug-likeness (QED) is 0.609. The van der Waals surface area contributed by atoms with E-state index in [0.717, 1.165) is 28.8 Å². The van der Waals surface area contributed by atoms with Crippen LogP contribution < -0.4 is 14.8 Å². The minimum atomic E-state index is -3.86. The van der Waals surface area contributed by atoms with Crippen molar-refractivity contribution in [2.75, 3.05) is 16.6 Å². The average Bonchev–Trinajstić information content (AvgIpc) is 3.55. The molecule has 1 aliphatic heterocycles. The summed E-state index contributed by atoms with van der Waals surface area (Å²) in [5.41, 5.74) is 4.42. The van der Waals surface area contributed by atoms with Crippen molar-refractivity contribution in [1.29, 1.82) is 0 Å². The first-order valence-corrected chi connectivity index (χ1v) is 12.3. The molecule has 8 heteroatoms. The van der Waals surface area contributed by atoms with Gasteiger partial charge in [0.25, 0.3) is 10.0 Å². The number of hydrogen-bond donors (Lipinski definition) is 2. The SMILES string of the molecule is Cc1cccc(C)c1-c1cc2nc(n1)NS(=O)(=O)c1cccc(c1)N[C@H](CC1CC1)CO2. The van der Waals surface area contributed by atoms with E-state index in [1.165, 1.54) is 12.8 Å². The predicted molar refractivity (Wildman–Crippen MR) is 124 cm³/mol. The fourth-order valence-electron chi connectivity index (χ4n) is 4.17. The van der Waals surface area contributed by atoms with Crippen LogP contribution in [0.5, 0.6) is 5.88 Å². The number of rotatable bonds is 3. The van der Waals surface area contributed by atoms with Gasteiger partial charge >= 0.3 is 0 Å². The van der Waals surface area contributed by atoms with Gasteiger partial charge in [-0.1, -0.05) is 37.1 Å². The fourth-order valence-corrected chi connectivity index (χ4v) is 5.16. The number of hydrogen-bond acceptors (Lipinski definition) is 6. The van der Waals surface area contributed by atoms with Gasteiger partial charge in [0, 0.05) is 17.3 Å². The maximum atomic E-state index is 13.1. The van der Waals surface area contributed by atoms with Crippen molar-refractivity contribution in [3.63, 3.8) is 0 Å². The summed E-state index contributed by atoms with van der Waals surface area (Å²) < 4.78 is 34.8. The molecule has 1 fully saturated rings. The molecule has 1 aromatic heterocycles. The van der Waals surface area contributed by atoms with Gasteiger partial charge in [0.1, 0.15) is 6.61 Å². The Morgan fingerprint density at radius 2 is 1.78 bits per heavy atom. The number of nitrogens with zero attached hydrogens (tertiary/aromatic N) is 2. The Labute approximate surface area is 188 Å². The van der Waals surface area contributed by atoms with Gasteiger partial charge in [-0.2, -0.15) is 4.98 Å². The Morgan fingerprint density at radius 3 is 2.53 bits per heavy atom. The maximum absolute atomic E-state index is 13.1. The third-order valence-corrected chi connectivity index (χ3v) is 7.25. The van der Waals surface area contributed by atoms with E-state index in [-0.39, 0.29) is 16.9 Å². The van der Waals surface area contributed by atoms with Gasteiger partial charge in [0.05, 0.1) is 16.6 Å². The molecule has 5 rings (SSSR count). The van der Waals surface area contributed by atoms with E-state index in [2.05, 4.69) is 20.0 Å². The topological polar surface area (TPSA) is 93.2 Å². The zero-order valence-electron chi connectivity index (χ0n) is 18.1. The number of fused-ring (bicyclic) bond motifs is 4. The number of benzene rings is 2. The monoisotopic (exact) mass is 450 g/mol. The van der Waals surface area contributed by atoms with Crippen LogP contribution >= 0.6 is 0 Å². The maximum Gasteiger partial charge on any atom is 0.264 e. The fraction of sp³-hybridized carbons (Fsp3) is 0.333. The summed E-state index contributed by atoms with van der Waals surface area (Å²) >= 11 is 0. The van der Waals surface area contributed by atoms with Crippen molar-refractivity contribution in [3.05, 3.63) is 59.7 Å². The molecule has 1 aliphatic carbocycles. The molecule has 0 amide bonds. The highest BCUT2D eigenvalue weighted by molar-refractivity contribution is 7.92. The number of nitrogens with one attached hydrogen (secondary N) is 2. The van der Waals surface area contributed by atoms with Crippen molar-refractivity contribution in [2.45, 2.75) is 44.0 Å². The van der Waals surface area contributed by atoms with Crippen LogP contribution in [0, 0.1) is 19.8 Å². The molecule has 0 spiro atoms. The minimum absolute atomic E-state index is 0.00201. The van der Waals surface area contributed by atoms with Crippen LogP contribution in [-0.4, -0.2) is 31.0 Å². The molecule has 4 bridgehead atoms. The molecule has 32 heavy (non-hydrogen) atoms. The third-order valence-electron chi connectivity index (χ3n) is 5.93. The number of ether oxygens (including phenoxy) is 1. The van der Waals surface area contributed by atoms with Crippen molar-refractivity contribution in [2.24, 2.45) is 5.92 Å². The lowest BCUT2D eigenvalue weighted by molar-refractivity contribution is 0.277. The highest BCUT2D eigenvalue weighted by Gasteiger charge is 2.27. The van der Waals surface area contributed by atoms with Crippen LogP contribution in [0.1, 0.15) is 30.4 Å². The zero-order chi connectivity index (χ0) is 22.3. The van der Waals surface area contributed by atoms with Crippen LogP contribution in [0.2, 0.25) is 0 Å². The second kappa shape index (κ2) is 8.09. The van der Waals surface area contributed by atoms with E-state index in [1.807, 2.05) is 38.1 Å². The first-order valence-electron chi connectivity index (χ1n) is 10.9. The zero-order valence-corrected chi connectivity index (χ0v) is 18.9. The Balaban J connectivity index is 1.61. The van der Waals surface area contributed by atoms with E-state index in [1.54, 1.807) is 24.3 Å². The van der Waals surface area contributed by atoms with E-state index in [4.69, 9.17) is 4.74 Å². The number of sulfonamides is 1. The number of aryl methyl sites for hydroxylation is 2. The summed E-state index contributed by atoms with van der Waals surface area (Å²) in [5.74, 6) is 1.03. The second-order valence-electron chi connectivity index (χ2n) is 8.65. The Bertz CT molecular complexity index is 1250. The molecular weight excluding hydrogens is 424 g/mol. The molecule has 2 N–H and O–H groups in total. The normalized spacial score (nSPS) is 19.5. The summed E-state index contributed by atoms with van der Waals surface area (Å²) in [4.78, 5) is 9.07. The van der Waals surface area contributed by atoms with Crippen LogP contribution in [0.25, 0.3) is 11.3 Å². The molecule has 0 unspecified atom stereocenters. The average molecular weight is 451 g/mol. The van der Waals surface area contributed by atoms with Gasteiger partial charge in [-0.25, -0.2) is 18.1 Å². The highest BCUT2D eigenvalue weighted by atomic mass is 32.2. The summed E-state index contributed by atoms with van der Waals surface area (Å²) in [7, 11) is -3.86. The Hall–Kier alpha value is -3.13. The van der Waals surface area contributed by atoms with Crippen molar-refractivity contribution < 1.29 is 13.2 Å². The third kappa shape index (κ3) is 4.41. The van der Waals surface area contributed by atoms with Crippen molar-refractivity contribution >= 4 is 21.7 Å². The smallest absolute Gasteiger partial charge is 0.264 e. The first kappa shape index (κ1) is 20.8. The van der Waals surface area contributed by atoms with Gasteiger partial charge in [0.15, 0.2) is 0 Å². The number of aromatic nitrogens is 2. The summed E-state index contributed by atoms with van der Waals surface area (Å²) in [6.07, 6.45) is 3.42. The molecule has 7 nitrogen and oxygen atoms in total. The lowest BCUT2D eigenvalue weighted by Gasteiger charge is -2.22. The van der Waals surface area contributed by atoms with Gasteiger partial charge in [-0.3, -0.25) is 0 Å². The lowest BCUT2D eigenvalue weighted by atomic mass is 10.00. The van der Waals surface area contributed by atoms with E-state index in [9.17, 15) is 8.42 Å². The van der Waals surface area contributed by atoms with Gasteiger partial charge in [-0.05, 0) is 55.5 Å². The standard InChI is InChI=1S/C24H26N4O3S/c1-15-5-3-6-16(2)23(15)21-13-22-27-24(26-21)28-32(29,30)20-8-4-7-18(12-20)25-19(14-31-22)11-17-9-10-17/h3-8,12-13,17,19,25H,9-11,14H2,1-2H3,(H,26,27,28)/t19-/m1/s1. The molecule has 2 aromatic carbocycles. The van der Waals surface area contributed by atoms with Crippen molar-refractivity contribution in [3.8, 4) is 17.1 Å². The predicted octanol–water partition coefficient (Wildman–Crippen LogP) is 4.53. The molecule has 0 saturated heterocycles. The highest BCUT2D eigenvalue weighted by Crippen LogP contribution is 2.35. The van der Waals surface area contributed by atoms with Crippen LogP contribution in [0.3, 0.4) is 0 Å². The van der Waals surface area contributed by atoms with E-state index >= 15 is 0 Å². The Morgan fingerprint density at radius 1 is 1.03 bits per heavy atom. The molecule has 1 saturated carbocycles. The minimum Gasteiger partial charge on any atom is -0.475 e.